The van der Waals surface area contributed by atoms with E-state index >= 15 is 0 Å². The molecule has 1 aromatic carbocycles. The van der Waals surface area contributed by atoms with Gasteiger partial charge in [0.1, 0.15) is 17.2 Å². The number of nitrogens with zero attached hydrogens (tertiary/aromatic N) is 1. The fourth-order valence-corrected chi connectivity index (χ4v) is 4.79. The number of rotatable bonds is 12. The number of halogens is 1. The monoisotopic (exact) mass is 504 g/mol. The van der Waals surface area contributed by atoms with Gasteiger partial charge in [0.15, 0.2) is 6.10 Å². The third kappa shape index (κ3) is 7.56. The summed E-state index contributed by atoms with van der Waals surface area (Å²) in [6, 6.07) is 8.85. The zero-order chi connectivity index (χ0) is 25.2. The van der Waals surface area contributed by atoms with E-state index in [0.717, 1.165) is 44.2 Å². The Morgan fingerprint density at radius 3 is 2.49 bits per heavy atom. The van der Waals surface area contributed by atoms with Gasteiger partial charge in [-0.2, -0.15) is 0 Å². The van der Waals surface area contributed by atoms with Crippen LogP contribution in [0.2, 0.25) is 5.02 Å². The number of hydrogen-bond donors (Lipinski definition) is 2. The minimum Gasteiger partial charge on any atom is -0.495 e. The van der Waals surface area contributed by atoms with Crippen molar-refractivity contribution >= 4 is 17.5 Å². The van der Waals surface area contributed by atoms with Crippen molar-refractivity contribution in [3.63, 3.8) is 0 Å². The summed E-state index contributed by atoms with van der Waals surface area (Å²) in [7, 11) is 3.19. The number of aryl methyl sites for hydroxylation is 1. The molecular formula is C27H37ClN2O5. The van der Waals surface area contributed by atoms with Gasteiger partial charge in [-0.25, -0.2) is 4.98 Å². The molecule has 0 radical (unpaired) electrons. The van der Waals surface area contributed by atoms with Gasteiger partial charge >= 0.3 is 0 Å². The van der Waals surface area contributed by atoms with Gasteiger partial charge in [-0.15, -0.1) is 0 Å². The Morgan fingerprint density at radius 1 is 1.14 bits per heavy atom. The van der Waals surface area contributed by atoms with Crippen molar-refractivity contribution in [3.8, 4) is 11.5 Å². The second-order valence-electron chi connectivity index (χ2n) is 9.06. The van der Waals surface area contributed by atoms with Crippen LogP contribution in [0.5, 0.6) is 11.5 Å². The Hall–Kier alpha value is -2.35. The van der Waals surface area contributed by atoms with E-state index in [1.165, 1.54) is 0 Å². The van der Waals surface area contributed by atoms with Gasteiger partial charge in [0.2, 0.25) is 0 Å². The summed E-state index contributed by atoms with van der Waals surface area (Å²) < 4.78 is 17.0. The molecule has 1 atom stereocenters. The number of methoxy groups -OCH3 is 2. The number of carbonyl (C=O) groups is 1. The third-order valence-corrected chi connectivity index (χ3v) is 6.96. The first kappa shape index (κ1) is 27.2. The fourth-order valence-electron chi connectivity index (χ4n) is 4.56. The fraction of sp³-hybridized carbons (Fsp3) is 0.556. The van der Waals surface area contributed by atoms with Gasteiger partial charge in [0.05, 0.1) is 18.7 Å². The minimum atomic E-state index is -0.528. The van der Waals surface area contributed by atoms with E-state index < -0.39 is 6.10 Å². The van der Waals surface area contributed by atoms with Crippen molar-refractivity contribution in [2.75, 3.05) is 34.0 Å². The van der Waals surface area contributed by atoms with Crippen LogP contribution in [0.3, 0.4) is 0 Å². The first-order valence-electron chi connectivity index (χ1n) is 12.4. The lowest BCUT2D eigenvalue weighted by atomic mass is 9.80. The van der Waals surface area contributed by atoms with Crippen molar-refractivity contribution in [2.45, 2.75) is 51.6 Å². The highest BCUT2D eigenvalue weighted by Gasteiger charge is 2.23. The molecule has 1 aromatic heterocycles. The van der Waals surface area contributed by atoms with E-state index in [4.69, 9.17) is 30.9 Å². The molecule has 1 fully saturated rings. The number of nitrogens with one attached hydrogen (secondary N) is 1. The second-order valence-corrected chi connectivity index (χ2v) is 9.47. The highest BCUT2D eigenvalue weighted by atomic mass is 35.5. The average molecular weight is 505 g/mol. The molecule has 0 aliphatic heterocycles. The molecule has 2 aromatic rings. The highest BCUT2D eigenvalue weighted by Crippen LogP contribution is 2.33. The topological polar surface area (TPSA) is 89.9 Å². The van der Waals surface area contributed by atoms with E-state index in [0.29, 0.717) is 46.2 Å². The van der Waals surface area contributed by atoms with Gasteiger partial charge in [0, 0.05) is 31.5 Å². The van der Waals surface area contributed by atoms with Gasteiger partial charge in [-0.1, -0.05) is 31.4 Å². The summed E-state index contributed by atoms with van der Waals surface area (Å²) in [5.74, 6) is 1.99. The molecule has 35 heavy (non-hydrogen) atoms. The largest absolute Gasteiger partial charge is 0.495 e. The average Bonchev–Trinajstić information content (AvgIpc) is 2.88. The Morgan fingerprint density at radius 2 is 1.86 bits per heavy atom. The van der Waals surface area contributed by atoms with E-state index in [-0.39, 0.29) is 19.1 Å². The Bertz CT molecular complexity index is 963. The van der Waals surface area contributed by atoms with E-state index in [1.807, 2.05) is 19.1 Å². The maximum atomic E-state index is 12.7. The van der Waals surface area contributed by atoms with Crippen LogP contribution in [0.4, 0.5) is 0 Å². The number of carbonyl (C=O) groups excluding carboxylic acids is 1. The molecule has 0 bridgehead atoms. The van der Waals surface area contributed by atoms with Crippen LogP contribution in [0.1, 0.15) is 66.9 Å². The lowest BCUT2D eigenvalue weighted by Gasteiger charge is -2.28. The van der Waals surface area contributed by atoms with Crippen molar-refractivity contribution in [2.24, 2.45) is 11.8 Å². The summed E-state index contributed by atoms with van der Waals surface area (Å²) >= 11 is 6.51. The van der Waals surface area contributed by atoms with Crippen molar-refractivity contribution in [1.82, 2.24) is 10.3 Å². The predicted molar refractivity (Wildman–Crippen MR) is 136 cm³/mol. The molecule has 1 unspecified atom stereocenters. The standard InChI is InChI=1S/C27H37ClN2O5/c1-4-21-10-12-24(34-3)26(30-21)25(17-33-2)35-23-11-9-20(15-22(23)28)27(32)29-16-19-7-5-18(6-8-19)13-14-31/h9-12,15,18-19,25,31H,4-8,13-14,16-17H2,1-3H3,(H,29,32). The molecular weight excluding hydrogens is 468 g/mol. The zero-order valence-electron chi connectivity index (χ0n) is 20.9. The molecule has 1 aliphatic carbocycles. The molecule has 1 saturated carbocycles. The summed E-state index contributed by atoms with van der Waals surface area (Å²) in [6.45, 7) is 3.20. The molecule has 1 aliphatic rings. The van der Waals surface area contributed by atoms with Crippen LogP contribution < -0.4 is 14.8 Å². The molecule has 7 nitrogen and oxygen atoms in total. The number of aromatic nitrogens is 1. The van der Waals surface area contributed by atoms with Gasteiger partial charge < -0.3 is 24.6 Å². The van der Waals surface area contributed by atoms with Gasteiger partial charge in [0.25, 0.3) is 5.91 Å². The lowest BCUT2D eigenvalue weighted by molar-refractivity contribution is 0.0765. The van der Waals surface area contributed by atoms with Gasteiger partial charge in [-0.3, -0.25) is 4.79 Å². The predicted octanol–water partition coefficient (Wildman–Crippen LogP) is 4.99. The third-order valence-electron chi connectivity index (χ3n) is 6.67. The Labute approximate surface area is 213 Å². The molecule has 8 heteroatoms. The number of aliphatic hydroxyl groups is 1. The number of amides is 1. The van der Waals surface area contributed by atoms with Crippen molar-refractivity contribution in [1.29, 1.82) is 0 Å². The molecule has 1 heterocycles. The molecule has 0 saturated heterocycles. The number of benzene rings is 1. The summed E-state index contributed by atoms with van der Waals surface area (Å²) in [5, 5.41) is 12.5. The van der Waals surface area contributed by atoms with Crippen LogP contribution in [0, 0.1) is 11.8 Å². The molecule has 1 amide bonds. The molecule has 3 rings (SSSR count). The Kier molecular flexibility index (Phi) is 10.6. The van der Waals surface area contributed by atoms with E-state index in [1.54, 1.807) is 32.4 Å². The smallest absolute Gasteiger partial charge is 0.251 e. The number of ether oxygens (including phenoxy) is 3. The maximum absolute atomic E-state index is 12.7. The van der Waals surface area contributed by atoms with Crippen LogP contribution in [-0.2, 0) is 11.2 Å². The summed E-state index contributed by atoms with van der Waals surface area (Å²) in [6.07, 6.45) is 5.52. The van der Waals surface area contributed by atoms with Crippen LogP contribution in [0.15, 0.2) is 30.3 Å². The number of hydrogen-bond acceptors (Lipinski definition) is 6. The quantitative estimate of drug-likeness (QED) is 0.423. The first-order valence-corrected chi connectivity index (χ1v) is 12.7. The van der Waals surface area contributed by atoms with Gasteiger partial charge in [-0.05, 0) is 67.9 Å². The van der Waals surface area contributed by atoms with Crippen molar-refractivity contribution in [3.05, 3.63) is 52.3 Å². The van der Waals surface area contributed by atoms with E-state index in [9.17, 15) is 4.79 Å². The number of aliphatic hydroxyl groups excluding tert-OH is 1. The maximum Gasteiger partial charge on any atom is 0.251 e. The number of pyridine rings is 1. The lowest BCUT2D eigenvalue weighted by Crippen LogP contribution is -2.31. The normalized spacial score (nSPS) is 18.7. The molecule has 192 valence electrons. The SMILES string of the molecule is CCc1ccc(OC)c(C(COC)Oc2ccc(C(=O)NCC3CCC(CCO)CC3)cc2Cl)n1. The first-order chi connectivity index (χ1) is 17.0. The van der Waals surface area contributed by atoms with Crippen LogP contribution in [-0.4, -0.2) is 50.0 Å². The van der Waals surface area contributed by atoms with Crippen LogP contribution in [0.25, 0.3) is 0 Å². The highest BCUT2D eigenvalue weighted by molar-refractivity contribution is 6.32. The zero-order valence-corrected chi connectivity index (χ0v) is 21.6. The summed E-state index contributed by atoms with van der Waals surface area (Å²) in [4.78, 5) is 17.4. The molecule has 2 N–H and O–H groups in total. The van der Waals surface area contributed by atoms with Crippen LogP contribution >= 0.6 is 11.6 Å². The summed E-state index contributed by atoms with van der Waals surface area (Å²) in [5.41, 5.74) is 2.05. The molecule has 0 spiro atoms. The van der Waals surface area contributed by atoms with Crippen molar-refractivity contribution < 1.29 is 24.1 Å². The minimum absolute atomic E-state index is 0.150. The second kappa shape index (κ2) is 13.7. The van der Waals surface area contributed by atoms with E-state index in [2.05, 4.69) is 10.3 Å². The Balaban J connectivity index is 1.64.